The summed E-state index contributed by atoms with van der Waals surface area (Å²) in [5.41, 5.74) is 4.41. The van der Waals surface area contributed by atoms with Gasteiger partial charge in [-0.1, -0.05) is 18.2 Å². The molecular formula is C18H20ClNO3S. The van der Waals surface area contributed by atoms with Crippen LogP contribution < -0.4 is 5.32 Å². The molecular weight excluding hydrogens is 346 g/mol. The number of benzene rings is 1. The molecule has 0 radical (unpaired) electrons. The zero-order valence-corrected chi connectivity index (χ0v) is 15.5. The molecule has 6 heteroatoms. The Balaban J connectivity index is 2.47. The monoisotopic (exact) mass is 365 g/mol. The third-order valence-electron chi connectivity index (χ3n) is 3.66. The van der Waals surface area contributed by atoms with Crippen molar-refractivity contribution in [3.8, 4) is 11.1 Å². The average molecular weight is 366 g/mol. The normalized spacial score (nSPS) is 10.5. The second-order valence-electron chi connectivity index (χ2n) is 5.36. The molecule has 0 saturated heterocycles. The van der Waals surface area contributed by atoms with Crippen LogP contribution in [0.4, 0.5) is 5.00 Å². The second-order valence-corrected chi connectivity index (χ2v) is 6.62. The summed E-state index contributed by atoms with van der Waals surface area (Å²) in [7, 11) is 0. The van der Waals surface area contributed by atoms with Crippen molar-refractivity contribution in [3.05, 3.63) is 40.3 Å². The molecule has 1 heterocycles. The van der Waals surface area contributed by atoms with Gasteiger partial charge >= 0.3 is 5.97 Å². The van der Waals surface area contributed by atoms with Crippen molar-refractivity contribution in [1.29, 1.82) is 0 Å². The van der Waals surface area contributed by atoms with E-state index >= 15 is 0 Å². The Kier molecular flexibility index (Phi) is 6.40. The van der Waals surface area contributed by atoms with E-state index in [4.69, 9.17) is 16.3 Å². The third-order valence-corrected chi connectivity index (χ3v) is 4.75. The molecule has 0 aliphatic carbocycles. The molecule has 1 aromatic heterocycles. The van der Waals surface area contributed by atoms with Crippen molar-refractivity contribution in [3.63, 3.8) is 0 Å². The summed E-state index contributed by atoms with van der Waals surface area (Å²) in [5, 5.41) is 5.13. The first kappa shape index (κ1) is 18.5. The Morgan fingerprint density at radius 1 is 1.25 bits per heavy atom. The van der Waals surface area contributed by atoms with Gasteiger partial charge in [0.1, 0.15) is 10.6 Å². The number of carbonyl (C=O) groups excluding carboxylic acids is 2. The van der Waals surface area contributed by atoms with E-state index in [1.807, 2.05) is 37.4 Å². The molecule has 0 bridgehead atoms. The van der Waals surface area contributed by atoms with E-state index < -0.39 is 5.97 Å². The summed E-state index contributed by atoms with van der Waals surface area (Å²) >= 11 is 6.91. The van der Waals surface area contributed by atoms with Crippen molar-refractivity contribution in [2.75, 3.05) is 17.8 Å². The number of carbonyl (C=O) groups is 2. The van der Waals surface area contributed by atoms with E-state index in [1.165, 1.54) is 16.9 Å². The standard InChI is InChI=1S/C18H20ClNO3S/c1-4-23-18(22)16-14(13-6-5-11(2)12(3)9-13)10-24-17(16)20-15(21)7-8-19/h5-6,9-10H,4,7-8H2,1-3H3,(H,20,21). The van der Waals surface area contributed by atoms with Gasteiger partial charge in [-0.2, -0.15) is 0 Å². The van der Waals surface area contributed by atoms with Gasteiger partial charge in [-0.05, 0) is 37.5 Å². The lowest BCUT2D eigenvalue weighted by molar-refractivity contribution is -0.115. The van der Waals surface area contributed by atoms with E-state index in [-0.39, 0.29) is 24.8 Å². The quantitative estimate of drug-likeness (QED) is 0.592. The average Bonchev–Trinajstić information content (AvgIpc) is 2.94. The topological polar surface area (TPSA) is 55.4 Å². The molecule has 4 nitrogen and oxygen atoms in total. The number of esters is 1. The lowest BCUT2D eigenvalue weighted by Crippen LogP contribution is -2.14. The molecule has 1 aromatic carbocycles. The predicted octanol–water partition coefficient (Wildman–Crippen LogP) is 4.78. The van der Waals surface area contributed by atoms with Crippen LogP contribution in [-0.2, 0) is 9.53 Å². The fourth-order valence-electron chi connectivity index (χ4n) is 2.25. The number of alkyl halides is 1. The zero-order valence-electron chi connectivity index (χ0n) is 13.9. The van der Waals surface area contributed by atoms with Crippen LogP contribution in [0.1, 0.15) is 34.8 Å². The van der Waals surface area contributed by atoms with Gasteiger partial charge in [0, 0.05) is 23.2 Å². The van der Waals surface area contributed by atoms with Gasteiger partial charge < -0.3 is 10.1 Å². The molecule has 24 heavy (non-hydrogen) atoms. The number of nitrogens with one attached hydrogen (secondary N) is 1. The Labute approximate surface area is 150 Å². The lowest BCUT2D eigenvalue weighted by Gasteiger charge is -2.09. The molecule has 2 aromatic rings. The van der Waals surface area contributed by atoms with Gasteiger partial charge in [0.25, 0.3) is 0 Å². The Hall–Kier alpha value is -1.85. The molecule has 128 valence electrons. The maximum Gasteiger partial charge on any atom is 0.341 e. The lowest BCUT2D eigenvalue weighted by atomic mass is 9.99. The molecule has 0 spiro atoms. The maximum atomic E-state index is 12.4. The van der Waals surface area contributed by atoms with E-state index in [9.17, 15) is 9.59 Å². The Morgan fingerprint density at radius 2 is 2.00 bits per heavy atom. The van der Waals surface area contributed by atoms with Gasteiger partial charge in [0.05, 0.1) is 6.61 Å². The number of hydrogen-bond donors (Lipinski definition) is 1. The summed E-state index contributed by atoms with van der Waals surface area (Å²) in [6.07, 6.45) is 0.195. The first-order valence-electron chi connectivity index (χ1n) is 7.70. The van der Waals surface area contributed by atoms with Crippen molar-refractivity contribution >= 4 is 39.8 Å². The minimum atomic E-state index is -0.437. The number of anilines is 1. The number of thiophene rings is 1. The largest absolute Gasteiger partial charge is 0.462 e. The minimum Gasteiger partial charge on any atom is -0.462 e. The maximum absolute atomic E-state index is 12.4. The van der Waals surface area contributed by atoms with E-state index in [0.717, 1.165) is 16.7 Å². The SMILES string of the molecule is CCOC(=O)c1c(-c2ccc(C)c(C)c2)csc1NC(=O)CCCl. The van der Waals surface area contributed by atoms with Crippen LogP contribution in [0.2, 0.25) is 0 Å². The van der Waals surface area contributed by atoms with Crippen LogP contribution in [0.25, 0.3) is 11.1 Å². The number of amides is 1. The summed E-state index contributed by atoms with van der Waals surface area (Å²) < 4.78 is 5.17. The smallest absolute Gasteiger partial charge is 0.341 e. The highest BCUT2D eigenvalue weighted by atomic mass is 35.5. The van der Waals surface area contributed by atoms with Gasteiger partial charge in [-0.15, -0.1) is 22.9 Å². The molecule has 0 atom stereocenters. The summed E-state index contributed by atoms with van der Waals surface area (Å²) in [5.74, 6) is -0.423. The highest BCUT2D eigenvalue weighted by molar-refractivity contribution is 7.15. The number of halogens is 1. The van der Waals surface area contributed by atoms with E-state index in [2.05, 4.69) is 5.32 Å². The third kappa shape index (κ3) is 4.16. The molecule has 0 aliphatic heterocycles. The van der Waals surface area contributed by atoms with Gasteiger partial charge in [-0.25, -0.2) is 4.79 Å². The van der Waals surface area contributed by atoms with Crippen LogP contribution in [0, 0.1) is 13.8 Å². The molecule has 0 aliphatic rings. The van der Waals surface area contributed by atoms with Crippen molar-refractivity contribution in [2.45, 2.75) is 27.2 Å². The van der Waals surface area contributed by atoms with Gasteiger partial charge in [0.2, 0.25) is 5.91 Å². The number of aryl methyl sites for hydroxylation is 2. The minimum absolute atomic E-state index is 0.195. The van der Waals surface area contributed by atoms with Gasteiger partial charge in [-0.3, -0.25) is 4.79 Å². The first-order chi connectivity index (χ1) is 11.5. The Morgan fingerprint density at radius 3 is 2.62 bits per heavy atom. The van der Waals surface area contributed by atoms with Crippen LogP contribution in [-0.4, -0.2) is 24.4 Å². The highest BCUT2D eigenvalue weighted by Crippen LogP contribution is 2.37. The molecule has 0 saturated carbocycles. The van der Waals surface area contributed by atoms with E-state index in [0.29, 0.717) is 10.6 Å². The number of hydrogen-bond acceptors (Lipinski definition) is 4. The number of ether oxygens (including phenoxy) is 1. The first-order valence-corrected chi connectivity index (χ1v) is 9.11. The van der Waals surface area contributed by atoms with Crippen molar-refractivity contribution in [2.24, 2.45) is 0 Å². The molecule has 2 rings (SSSR count). The van der Waals surface area contributed by atoms with E-state index in [1.54, 1.807) is 6.92 Å². The Bertz CT molecular complexity index is 755. The highest BCUT2D eigenvalue weighted by Gasteiger charge is 2.22. The fourth-order valence-corrected chi connectivity index (χ4v) is 3.40. The summed E-state index contributed by atoms with van der Waals surface area (Å²) in [6.45, 7) is 6.09. The second kappa shape index (κ2) is 8.31. The molecule has 0 fully saturated rings. The summed E-state index contributed by atoms with van der Waals surface area (Å²) in [4.78, 5) is 24.3. The van der Waals surface area contributed by atoms with Gasteiger partial charge in [0.15, 0.2) is 0 Å². The van der Waals surface area contributed by atoms with Crippen molar-refractivity contribution in [1.82, 2.24) is 0 Å². The predicted molar refractivity (Wildman–Crippen MR) is 99.2 cm³/mol. The number of rotatable bonds is 6. The molecule has 1 amide bonds. The fraction of sp³-hybridized carbons (Fsp3) is 0.333. The van der Waals surface area contributed by atoms with Crippen LogP contribution in [0.15, 0.2) is 23.6 Å². The molecule has 0 unspecified atom stereocenters. The van der Waals surface area contributed by atoms with Crippen LogP contribution in [0.5, 0.6) is 0 Å². The van der Waals surface area contributed by atoms with Crippen LogP contribution in [0.3, 0.4) is 0 Å². The zero-order chi connectivity index (χ0) is 17.7. The van der Waals surface area contributed by atoms with Crippen LogP contribution >= 0.6 is 22.9 Å². The summed E-state index contributed by atoms with van der Waals surface area (Å²) in [6, 6.07) is 6.02. The molecule has 1 N–H and O–H groups in total. The van der Waals surface area contributed by atoms with Crippen molar-refractivity contribution < 1.29 is 14.3 Å².